The Morgan fingerprint density at radius 2 is 1.96 bits per heavy atom. The fourth-order valence-electron chi connectivity index (χ4n) is 2.51. The molecule has 0 aliphatic rings. The third kappa shape index (κ3) is 6.60. The lowest BCUT2D eigenvalue weighted by Gasteiger charge is -2.31. The van der Waals surface area contributed by atoms with Crippen LogP contribution in [0.5, 0.6) is 0 Å². The predicted molar refractivity (Wildman–Crippen MR) is 96.6 cm³/mol. The quantitative estimate of drug-likeness (QED) is 0.773. The molecular formula is C19H31N3O. The molecule has 23 heavy (non-hydrogen) atoms. The molecule has 0 saturated heterocycles. The molecule has 0 heterocycles. The van der Waals surface area contributed by atoms with Gasteiger partial charge in [0.15, 0.2) is 0 Å². The van der Waals surface area contributed by atoms with E-state index in [0.29, 0.717) is 12.1 Å². The Kier molecular flexibility index (Phi) is 7.54. The first-order valence-corrected chi connectivity index (χ1v) is 8.45. The van der Waals surface area contributed by atoms with Gasteiger partial charge in [-0.15, -0.1) is 0 Å². The average Bonchev–Trinajstić information content (AvgIpc) is 2.51. The van der Waals surface area contributed by atoms with Crippen LogP contribution in [0.1, 0.15) is 46.6 Å². The van der Waals surface area contributed by atoms with Gasteiger partial charge in [-0.05, 0) is 39.3 Å². The van der Waals surface area contributed by atoms with Crippen LogP contribution in [-0.4, -0.2) is 36.4 Å². The maximum absolute atomic E-state index is 10.4. The van der Waals surface area contributed by atoms with Crippen LogP contribution in [0.2, 0.25) is 0 Å². The van der Waals surface area contributed by atoms with Crippen molar-refractivity contribution < 1.29 is 5.11 Å². The number of anilines is 1. The lowest BCUT2D eigenvalue weighted by atomic mass is 10.0. The summed E-state index contributed by atoms with van der Waals surface area (Å²) in [5, 5.41) is 23.1. The number of aliphatic hydroxyl groups is 1. The SMILES string of the molecule is CCCN(CC(C)C(O)CNC(C)(C)C)c1ccccc1C#N. The highest BCUT2D eigenvalue weighted by atomic mass is 16.3. The van der Waals surface area contributed by atoms with Gasteiger partial charge in [-0.1, -0.05) is 26.0 Å². The first kappa shape index (κ1) is 19.5. The van der Waals surface area contributed by atoms with Crippen LogP contribution >= 0.6 is 0 Å². The van der Waals surface area contributed by atoms with E-state index in [1.54, 1.807) is 0 Å². The third-order valence-corrected chi connectivity index (χ3v) is 3.87. The van der Waals surface area contributed by atoms with Gasteiger partial charge >= 0.3 is 0 Å². The summed E-state index contributed by atoms with van der Waals surface area (Å²) in [5.41, 5.74) is 1.65. The molecule has 1 aromatic rings. The number of hydrogen-bond acceptors (Lipinski definition) is 4. The summed E-state index contributed by atoms with van der Waals surface area (Å²) in [7, 11) is 0. The minimum Gasteiger partial charge on any atom is -0.391 e. The molecule has 4 nitrogen and oxygen atoms in total. The number of benzene rings is 1. The van der Waals surface area contributed by atoms with E-state index in [1.807, 2.05) is 24.3 Å². The van der Waals surface area contributed by atoms with Crippen molar-refractivity contribution >= 4 is 5.69 Å². The molecular weight excluding hydrogens is 286 g/mol. The molecule has 2 N–H and O–H groups in total. The number of hydrogen-bond donors (Lipinski definition) is 2. The topological polar surface area (TPSA) is 59.3 Å². The van der Waals surface area contributed by atoms with E-state index in [2.05, 4.69) is 50.9 Å². The summed E-state index contributed by atoms with van der Waals surface area (Å²) in [5.74, 6) is 0.114. The van der Waals surface area contributed by atoms with Gasteiger partial charge in [0.1, 0.15) is 6.07 Å². The van der Waals surface area contributed by atoms with Crippen LogP contribution < -0.4 is 10.2 Å². The van der Waals surface area contributed by atoms with E-state index in [9.17, 15) is 10.4 Å². The molecule has 0 amide bonds. The molecule has 0 spiro atoms. The van der Waals surface area contributed by atoms with Crippen molar-refractivity contribution in [3.05, 3.63) is 29.8 Å². The lowest BCUT2D eigenvalue weighted by Crippen LogP contribution is -2.45. The van der Waals surface area contributed by atoms with E-state index in [1.165, 1.54) is 0 Å². The number of nitrogens with one attached hydrogen (secondary N) is 1. The Bertz CT molecular complexity index is 516. The second kappa shape index (κ2) is 8.90. The summed E-state index contributed by atoms with van der Waals surface area (Å²) in [6.45, 7) is 12.7. The highest BCUT2D eigenvalue weighted by Crippen LogP contribution is 2.22. The molecule has 0 bridgehead atoms. The van der Waals surface area contributed by atoms with E-state index in [-0.39, 0.29) is 11.5 Å². The summed E-state index contributed by atoms with van der Waals surface area (Å²) >= 11 is 0. The highest BCUT2D eigenvalue weighted by molar-refractivity contribution is 5.59. The Morgan fingerprint density at radius 3 is 2.52 bits per heavy atom. The van der Waals surface area contributed by atoms with Crippen molar-refractivity contribution in [2.45, 2.75) is 52.7 Å². The molecule has 0 radical (unpaired) electrons. The standard InChI is InChI=1S/C19H31N3O/c1-6-11-22(17-10-8-7-9-16(17)12-20)14-15(2)18(23)13-21-19(3,4)5/h7-10,15,18,21,23H,6,11,13-14H2,1-5H3. The molecule has 4 heteroatoms. The first-order valence-electron chi connectivity index (χ1n) is 8.45. The molecule has 2 unspecified atom stereocenters. The van der Waals surface area contributed by atoms with Gasteiger partial charge in [0.05, 0.1) is 17.4 Å². The summed E-state index contributed by atoms with van der Waals surface area (Å²) in [6.07, 6.45) is 0.589. The van der Waals surface area contributed by atoms with Gasteiger partial charge in [-0.25, -0.2) is 0 Å². The molecule has 0 saturated carbocycles. The van der Waals surface area contributed by atoms with Gasteiger partial charge < -0.3 is 15.3 Å². The lowest BCUT2D eigenvalue weighted by molar-refractivity contribution is 0.110. The maximum atomic E-state index is 10.4. The van der Waals surface area contributed by atoms with Gasteiger partial charge in [0.25, 0.3) is 0 Å². The van der Waals surface area contributed by atoms with Crippen LogP contribution in [0.15, 0.2) is 24.3 Å². The summed E-state index contributed by atoms with van der Waals surface area (Å²) < 4.78 is 0. The minimum absolute atomic E-state index is 0.00276. The average molecular weight is 317 g/mol. The van der Waals surface area contributed by atoms with Crippen molar-refractivity contribution in [3.8, 4) is 6.07 Å². The Morgan fingerprint density at radius 1 is 1.30 bits per heavy atom. The molecule has 0 aliphatic carbocycles. The van der Waals surface area contributed by atoms with Crippen molar-refractivity contribution in [2.24, 2.45) is 5.92 Å². The molecule has 1 rings (SSSR count). The molecule has 2 atom stereocenters. The van der Waals surface area contributed by atoms with Crippen molar-refractivity contribution in [1.82, 2.24) is 5.32 Å². The monoisotopic (exact) mass is 317 g/mol. The van der Waals surface area contributed by atoms with Gasteiger partial charge in [-0.3, -0.25) is 0 Å². The van der Waals surface area contributed by atoms with Crippen LogP contribution in [0.25, 0.3) is 0 Å². The van der Waals surface area contributed by atoms with Crippen LogP contribution in [0.3, 0.4) is 0 Å². The smallest absolute Gasteiger partial charge is 0.101 e. The Labute approximate surface area is 141 Å². The minimum atomic E-state index is -0.414. The Balaban J connectivity index is 2.77. The van der Waals surface area contributed by atoms with Crippen LogP contribution in [0.4, 0.5) is 5.69 Å². The first-order chi connectivity index (χ1) is 10.8. The van der Waals surface area contributed by atoms with Crippen molar-refractivity contribution in [2.75, 3.05) is 24.5 Å². The number of para-hydroxylation sites is 1. The van der Waals surface area contributed by atoms with Crippen LogP contribution in [-0.2, 0) is 0 Å². The second-order valence-corrected chi connectivity index (χ2v) is 7.25. The van der Waals surface area contributed by atoms with E-state index < -0.39 is 6.10 Å². The normalized spacial score (nSPS) is 14.1. The van der Waals surface area contributed by atoms with E-state index >= 15 is 0 Å². The number of nitriles is 1. The fourth-order valence-corrected chi connectivity index (χ4v) is 2.51. The molecule has 0 fully saturated rings. The number of nitrogens with zero attached hydrogens (tertiary/aromatic N) is 2. The third-order valence-electron chi connectivity index (χ3n) is 3.87. The highest BCUT2D eigenvalue weighted by Gasteiger charge is 2.21. The molecule has 0 aromatic heterocycles. The summed E-state index contributed by atoms with van der Waals surface area (Å²) in [4.78, 5) is 2.21. The second-order valence-electron chi connectivity index (χ2n) is 7.25. The number of aliphatic hydroxyl groups excluding tert-OH is 1. The zero-order valence-electron chi connectivity index (χ0n) is 15.1. The van der Waals surface area contributed by atoms with Crippen molar-refractivity contribution in [3.63, 3.8) is 0 Å². The van der Waals surface area contributed by atoms with Crippen LogP contribution in [0, 0.1) is 17.2 Å². The summed E-state index contributed by atoms with van der Waals surface area (Å²) in [6, 6.07) is 9.95. The van der Waals surface area contributed by atoms with Gasteiger partial charge in [-0.2, -0.15) is 5.26 Å². The van der Waals surface area contributed by atoms with Gasteiger partial charge in [0, 0.05) is 31.1 Å². The molecule has 0 aliphatic heterocycles. The van der Waals surface area contributed by atoms with E-state index in [4.69, 9.17) is 0 Å². The predicted octanol–water partition coefficient (Wildman–Crippen LogP) is 3.16. The fraction of sp³-hybridized carbons (Fsp3) is 0.632. The maximum Gasteiger partial charge on any atom is 0.101 e. The number of β-amino-alcohol motifs (C(OH)–C–C–N with tert-alkyl or cyclic N) is 1. The Hall–Kier alpha value is -1.57. The number of rotatable bonds is 8. The zero-order valence-corrected chi connectivity index (χ0v) is 15.1. The zero-order chi connectivity index (χ0) is 17.5. The largest absolute Gasteiger partial charge is 0.391 e. The van der Waals surface area contributed by atoms with Crippen molar-refractivity contribution in [1.29, 1.82) is 5.26 Å². The van der Waals surface area contributed by atoms with E-state index in [0.717, 1.165) is 25.2 Å². The van der Waals surface area contributed by atoms with Gasteiger partial charge in [0.2, 0.25) is 0 Å². The molecule has 128 valence electrons. The molecule has 1 aromatic carbocycles.